The zero-order chi connectivity index (χ0) is 15.5. The molecule has 2 atom stereocenters. The maximum absolute atomic E-state index is 8.08. The smallest absolute Gasteiger partial charge is 0.165 e. The number of hydrogen-bond donors (Lipinski definition) is 3. The predicted octanol–water partition coefficient (Wildman–Crippen LogP) is 0.170. The molecule has 0 radical (unpaired) electrons. The number of fused-ring (bicyclic) bond motifs is 1. The second-order valence-electron chi connectivity index (χ2n) is 5.40. The SMILES string of the molecule is CC(C)(O)O.NCC1CCC(n2cnc3cncnc32)O1. The van der Waals surface area contributed by atoms with Crippen LogP contribution in [0, 0.1) is 0 Å². The fourth-order valence-corrected chi connectivity index (χ4v) is 2.06. The number of hydrogen-bond acceptors (Lipinski definition) is 7. The Morgan fingerprint density at radius 1 is 1.38 bits per heavy atom. The van der Waals surface area contributed by atoms with E-state index < -0.39 is 5.79 Å². The third kappa shape index (κ3) is 4.43. The van der Waals surface area contributed by atoms with Crippen LogP contribution >= 0.6 is 0 Å². The molecule has 0 bridgehead atoms. The van der Waals surface area contributed by atoms with Crippen molar-refractivity contribution in [1.29, 1.82) is 0 Å². The van der Waals surface area contributed by atoms with Crippen LogP contribution in [0.5, 0.6) is 0 Å². The molecular formula is C13H21N5O3. The van der Waals surface area contributed by atoms with Gasteiger partial charge < -0.3 is 20.7 Å². The minimum absolute atomic E-state index is 0.00782. The Morgan fingerprint density at radius 2 is 2.10 bits per heavy atom. The lowest BCUT2D eigenvalue weighted by Gasteiger charge is -2.13. The second kappa shape index (κ2) is 6.44. The van der Waals surface area contributed by atoms with Crippen molar-refractivity contribution in [2.45, 2.75) is 44.8 Å². The largest absolute Gasteiger partial charge is 0.366 e. The average molecular weight is 295 g/mol. The molecule has 1 aliphatic rings. The maximum Gasteiger partial charge on any atom is 0.165 e. The molecule has 2 aromatic rings. The van der Waals surface area contributed by atoms with Crippen LogP contribution in [0.3, 0.4) is 0 Å². The fourth-order valence-electron chi connectivity index (χ4n) is 2.06. The van der Waals surface area contributed by atoms with Gasteiger partial charge in [-0.2, -0.15) is 0 Å². The van der Waals surface area contributed by atoms with Gasteiger partial charge in [0, 0.05) is 6.54 Å². The van der Waals surface area contributed by atoms with Gasteiger partial charge in [0.1, 0.15) is 18.1 Å². The minimum Gasteiger partial charge on any atom is -0.366 e. The Hall–Kier alpha value is -1.61. The van der Waals surface area contributed by atoms with E-state index in [4.69, 9.17) is 20.7 Å². The third-order valence-corrected chi connectivity index (χ3v) is 2.90. The molecule has 1 saturated heterocycles. The first-order valence-corrected chi connectivity index (χ1v) is 6.81. The first kappa shape index (κ1) is 15.8. The molecule has 3 rings (SSSR count). The highest BCUT2D eigenvalue weighted by molar-refractivity contribution is 5.68. The highest BCUT2D eigenvalue weighted by Crippen LogP contribution is 2.29. The van der Waals surface area contributed by atoms with Gasteiger partial charge in [-0.15, -0.1) is 0 Å². The van der Waals surface area contributed by atoms with E-state index in [0.29, 0.717) is 6.54 Å². The van der Waals surface area contributed by atoms with E-state index >= 15 is 0 Å². The van der Waals surface area contributed by atoms with Gasteiger partial charge in [0.05, 0.1) is 18.6 Å². The predicted molar refractivity (Wildman–Crippen MR) is 76.0 cm³/mol. The van der Waals surface area contributed by atoms with Crippen LogP contribution in [0.1, 0.15) is 32.9 Å². The van der Waals surface area contributed by atoms with E-state index in [1.54, 1.807) is 12.5 Å². The zero-order valence-corrected chi connectivity index (χ0v) is 12.2. The van der Waals surface area contributed by atoms with Crippen molar-refractivity contribution in [3.63, 3.8) is 0 Å². The Labute approximate surface area is 122 Å². The molecule has 0 saturated carbocycles. The molecule has 2 unspecified atom stereocenters. The molecule has 0 aromatic carbocycles. The average Bonchev–Trinajstić information content (AvgIpc) is 3.02. The van der Waals surface area contributed by atoms with Gasteiger partial charge in [-0.1, -0.05) is 0 Å². The van der Waals surface area contributed by atoms with Crippen LogP contribution in [0.25, 0.3) is 11.2 Å². The Bertz CT molecular complexity index is 574. The maximum atomic E-state index is 8.08. The number of aliphatic hydroxyl groups is 2. The van der Waals surface area contributed by atoms with Crippen LogP contribution in [0.2, 0.25) is 0 Å². The van der Waals surface area contributed by atoms with E-state index in [1.165, 1.54) is 20.2 Å². The number of nitrogens with zero attached hydrogens (tertiary/aromatic N) is 4. The third-order valence-electron chi connectivity index (χ3n) is 2.90. The Kier molecular flexibility index (Phi) is 4.84. The quantitative estimate of drug-likeness (QED) is 0.675. The van der Waals surface area contributed by atoms with Crippen molar-refractivity contribution in [2.75, 3.05) is 6.54 Å². The molecule has 1 fully saturated rings. The second-order valence-corrected chi connectivity index (χ2v) is 5.40. The summed E-state index contributed by atoms with van der Waals surface area (Å²) in [4.78, 5) is 12.4. The van der Waals surface area contributed by atoms with Gasteiger partial charge in [-0.3, -0.25) is 4.57 Å². The summed E-state index contributed by atoms with van der Waals surface area (Å²) < 4.78 is 7.75. The van der Waals surface area contributed by atoms with E-state index in [0.717, 1.165) is 24.0 Å². The molecule has 0 spiro atoms. The standard InChI is InChI=1S/C10H13N5O.C3H8O2/c11-3-7-1-2-9(16-7)15-6-14-8-4-12-5-13-10(8)15;1-3(2,4)5/h4-7,9H,1-3,11H2;4-5H,1-2H3. The Morgan fingerprint density at radius 3 is 2.71 bits per heavy atom. The van der Waals surface area contributed by atoms with Crippen molar-refractivity contribution < 1.29 is 14.9 Å². The van der Waals surface area contributed by atoms with Crippen LogP contribution < -0.4 is 5.73 Å². The van der Waals surface area contributed by atoms with E-state index in [1.807, 2.05) is 4.57 Å². The van der Waals surface area contributed by atoms with Crippen LogP contribution in [-0.4, -0.2) is 48.2 Å². The van der Waals surface area contributed by atoms with Gasteiger partial charge in [-0.25, -0.2) is 15.0 Å². The highest BCUT2D eigenvalue weighted by Gasteiger charge is 2.26. The van der Waals surface area contributed by atoms with Crippen molar-refractivity contribution in [1.82, 2.24) is 19.5 Å². The molecule has 0 amide bonds. The van der Waals surface area contributed by atoms with Gasteiger partial charge in [0.25, 0.3) is 0 Å². The summed E-state index contributed by atoms with van der Waals surface area (Å²) in [5, 5.41) is 16.2. The molecule has 116 valence electrons. The number of aromatic nitrogens is 4. The molecule has 4 N–H and O–H groups in total. The lowest BCUT2D eigenvalue weighted by Crippen LogP contribution is -2.20. The lowest BCUT2D eigenvalue weighted by molar-refractivity contribution is -0.127. The van der Waals surface area contributed by atoms with Crippen molar-refractivity contribution in [3.8, 4) is 0 Å². The summed E-state index contributed by atoms with van der Waals surface area (Å²) >= 11 is 0. The van der Waals surface area contributed by atoms with E-state index in [-0.39, 0.29) is 12.3 Å². The van der Waals surface area contributed by atoms with Crippen molar-refractivity contribution >= 4 is 11.2 Å². The molecule has 0 aliphatic carbocycles. The molecule has 8 heteroatoms. The summed E-state index contributed by atoms with van der Waals surface area (Å²) in [6, 6.07) is 0. The van der Waals surface area contributed by atoms with Crippen LogP contribution in [0.4, 0.5) is 0 Å². The molecule has 2 aromatic heterocycles. The molecule has 21 heavy (non-hydrogen) atoms. The van der Waals surface area contributed by atoms with Gasteiger partial charge in [0.2, 0.25) is 0 Å². The summed E-state index contributed by atoms with van der Waals surface area (Å²) in [5.41, 5.74) is 7.20. The Balaban J connectivity index is 0.000000282. The van der Waals surface area contributed by atoms with Crippen LogP contribution in [-0.2, 0) is 4.74 Å². The lowest BCUT2D eigenvalue weighted by atomic mass is 10.2. The first-order valence-electron chi connectivity index (χ1n) is 6.81. The van der Waals surface area contributed by atoms with E-state index in [2.05, 4.69) is 15.0 Å². The van der Waals surface area contributed by atoms with Crippen molar-refractivity contribution in [3.05, 3.63) is 18.9 Å². The highest BCUT2D eigenvalue weighted by atomic mass is 16.5. The molecule has 3 heterocycles. The molecular weight excluding hydrogens is 274 g/mol. The summed E-state index contributed by atoms with van der Waals surface area (Å²) in [5.74, 6) is -1.50. The van der Waals surface area contributed by atoms with E-state index in [9.17, 15) is 0 Å². The summed E-state index contributed by atoms with van der Waals surface area (Å²) in [6.07, 6.45) is 7.09. The number of rotatable bonds is 2. The zero-order valence-electron chi connectivity index (χ0n) is 12.2. The monoisotopic (exact) mass is 295 g/mol. The summed E-state index contributed by atoms with van der Waals surface area (Å²) in [6.45, 7) is 3.16. The van der Waals surface area contributed by atoms with Crippen LogP contribution in [0.15, 0.2) is 18.9 Å². The minimum atomic E-state index is -1.50. The number of ether oxygens (including phenoxy) is 1. The molecule has 1 aliphatic heterocycles. The fraction of sp³-hybridized carbons (Fsp3) is 0.615. The topological polar surface area (TPSA) is 119 Å². The normalized spacial score (nSPS) is 22.1. The molecule has 8 nitrogen and oxygen atoms in total. The van der Waals surface area contributed by atoms with Crippen molar-refractivity contribution in [2.24, 2.45) is 5.73 Å². The summed E-state index contributed by atoms with van der Waals surface area (Å²) in [7, 11) is 0. The van der Waals surface area contributed by atoms with Gasteiger partial charge in [-0.05, 0) is 26.7 Å². The number of imidazole rings is 1. The number of nitrogens with two attached hydrogens (primary N) is 1. The van der Waals surface area contributed by atoms with Gasteiger partial charge in [0.15, 0.2) is 11.4 Å². The first-order chi connectivity index (χ1) is 9.88. The van der Waals surface area contributed by atoms with Gasteiger partial charge >= 0.3 is 0 Å².